The number of carboxylic acid groups (broad SMARTS) is 1. The SMILES string of the molecule is CN(C)CC(C)(F)CC(=O)O. The van der Waals surface area contributed by atoms with E-state index in [-0.39, 0.29) is 6.54 Å². The van der Waals surface area contributed by atoms with E-state index in [0.717, 1.165) is 0 Å². The zero-order valence-corrected chi connectivity index (χ0v) is 7.09. The lowest BCUT2D eigenvalue weighted by Gasteiger charge is -2.22. The summed E-state index contributed by atoms with van der Waals surface area (Å²) in [6.45, 7) is 1.43. The monoisotopic (exact) mass is 163 g/mol. The quantitative estimate of drug-likeness (QED) is 0.664. The van der Waals surface area contributed by atoms with Crippen LogP contribution in [0.25, 0.3) is 0 Å². The molecule has 0 aliphatic rings. The molecule has 1 N–H and O–H groups in total. The molecule has 66 valence electrons. The molecule has 1 atom stereocenters. The van der Waals surface area contributed by atoms with Crippen LogP contribution in [0.1, 0.15) is 13.3 Å². The second-order valence-corrected chi connectivity index (χ2v) is 3.22. The van der Waals surface area contributed by atoms with Crippen molar-refractivity contribution in [3.05, 3.63) is 0 Å². The normalized spacial score (nSPS) is 16.5. The maximum absolute atomic E-state index is 13.2. The molecule has 11 heavy (non-hydrogen) atoms. The smallest absolute Gasteiger partial charge is 0.306 e. The highest BCUT2D eigenvalue weighted by atomic mass is 19.1. The van der Waals surface area contributed by atoms with Crippen LogP contribution in [0.4, 0.5) is 4.39 Å². The van der Waals surface area contributed by atoms with Gasteiger partial charge in [0.2, 0.25) is 0 Å². The van der Waals surface area contributed by atoms with E-state index >= 15 is 0 Å². The Hall–Kier alpha value is -0.640. The number of rotatable bonds is 4. The fourth-order valence-electron chi connectivity index (χ4n) is 1.03. The number of carboxylic acids is 1. The fourth-order valence-corrected chi connectivity index (χ4v) is 1.03. The number of aliphatic carboxylic acids is 1. The average molecular weight is 163 g/mol. The molecule has 0 rings (SSSR count). The number of hydrogen-bond acceptors (Lipinski definition) is 2. The van der Waals surface area contributed by atoms with Crippen LogP contribution < -0.4 is 0 Å². The number of alkyl halides is 1. The van der Waals surface area contributed by atoms with Crippen molar-refractivity contribution in [1.82, 2.24) is 4.90 Å². The summed E-state index contributed by atoms with van der Waals surface area (Å²) in [5, 5.41) is 8.30. The topological polar surface area (TPSA) is 40.5 Å². The van der Waals surface area contributed by atoms with Crippen molar-refractivity contribution in [2.45, 2.75) is 19.0 Å². The third-order valence-electron chi connectivity index (χ3n) is 1.17. The third-order valence-corrected chi connectivity index (χ3v) is 1.17. The minimum absolute atomic E-state index is 0.138. The number of hydrogen-bond donors (Lipinski definition) is 1. The predicted octanol–water partition coefficient (Wildman–Crippen LogP) is 0.751. The maximum Gasteiger partial charge on any atom is 0.306 e. The van der Waals surface area contributed by atoms with E-state index in [9.17, 15) is 9.18 Å². The molecule has 0 radical (unpaired) electrons. The maximum atomic E-state index is 13.2. The van der Waals surface area contributed by atoms with Crippen LogP contribution in [0.15, 0.2) is 0 Å². The summed E-state index contributed by atoms with van der Waals surface area (Å²) in [6, 6.07) is 0. The Morgan fingerprint density at radius 2 is 2.09 bits per heavy atom. The van der Waals surface area contributed by atoms with E-state index in [4.69, 9.17) is 5.11 Å². The Kier molecular flexibility index (Phi) is 3.45. The largest absolute Gasteiger partial charge is 0.481 e. The Morgan fingerprint density at radius 3 is 2.36 bits per heavy atom. The summed E-state index contributed by atoms with van der Waals surface area (Å²) in [6.07, 6.45) is -0.439. The van der Waals surface area contributed by atoms with Crippen molar-refractivity contribution >= 4 is 5.97 Å². The molecular weight excluding hydrogens is 149 g/mol. The molecule has 4 heteroatoms. The van der Waals surface area contributed by atoms with Crippen LogP contribution >= 0.6 is 0 Å². The first kappa shape index (κ1) is 10.4. The molecule has 3 nitrogen and oxygen atoms in total. The standard InChI is InChI=1S/C7H14FNO2/c1-7(8,4-6(10)11)5-9(2)3/h4-5H2,1-3H3,(H,10,11). The van der Waals surface area contributed by atoms with Gasteiger partial charge in [0.15, 0.2) is 0 Å². The second-order valence-electron chi connectivity index (χ2n) is 3.22. The molecule has 1 unspecified atom stereocenters. The Labute approximate surface area is 65.8 Å². The van der Waals surface area contributed by atoms with Gasteiger partial charge in [-0.3, -0.25) is 4.79 Å². The highest BCUT2D eigenvalue weighted by Crippen LogP contribution is 2.15. The molecular formula is C7H14FNO2. The van der Waals surface area contributed by atoms with Crippen LogP contribution in [0.2, 0.25) is 0 Å². The van der Waals surface area contributed by atoms with Gasteiger partial charge in [-0.25, -0.2) is 4.39 Å². The first-order chi connectivity index (χ1) is 4.83. The van der Waals surface area contributed by atoms with E-state index in [0.29, 0.717) is 0 Å². The lowest BCUT2D eigenvalue weighted by atomic mass is 10.0. The van der Waals surface area contributed by atoms with Crippen molar-refractivity contribution in [2.24, 2.45) is 0 Å². The van der Waals surface area contributed by atoms with Gasteiger partial charge >= 0.3 is 5.97 Å². The van der Waals surface area contributed by atoms with Crippen molar-refractivity contribution in [3.63, 3.8) is 0 Å². The Bertz CT molecular complexity index is 145. The van der Waals surface area contributed by atoms with Crippen molar-refractivity contribution in [3.8, 4) is 0 Å². The number of nitrogens with zero attached hydrogens (tertiary/aromatic N) is 1. The third kappa shape index (κ3) is 5.79. The first-order valence-electron chi connectivity index (χ1n) is 3.39. The Balaban J connectivity index is 3.89. The average Bonchev–Trinajstić information content (AvgIpc) is 1.53. The summed E-state index contributed by atoms with van der Waals surface area (Å²) in [5.74, 6) is -1.10. The molecule has 0 fully saturated rings. The van der Waals surface area contributed by atoms with Gasteiger partial charge in [-0.2, -0.15) is 0 Å². The zero-order chi connectivity index (χ0) is 9.07. The van der Waals surface area contributed by atoms with Crippen LogP contribution in [0.5, 0.6) is 0 Å². The van der Waals surface area contributed by atoms with Gasteiger partial charge in [0.1, 0.15) is 5.67 Å². The molecule has 0 bridgehead atoms. The Morgan fingerprint density at radius 1 is 1.64 bits per heavy atom. The molecule has 0 heterocycles. The summed E-state index contributed by atoms with van der Waals surface area (Å²) < 4.78 is 13.2. The molecule has 0 saturated heterocycles. The van der Waals surface area contributed by atoms with Gasteiger partial charge in [0.25, 0.3) is 0 Å². The molecule has 0 spiro atoms. The molecule has 0 aromatic rings. The van der Waals surface area contributed by atoms with E-state index in [1.165, 1.54) is 6.92 Å². The minimum Gasteiger partial charge on any atom is -0.481 e. The van der Waals surface area contributed by atoms with Crippen molar-refractivity contribution in [2.75, 3.05) is 20.6 Å². The summed E-state index contributed by atoms with van der Waals surface area (Å²) in [4.78, 5) is 11.8. The highest BCUT2D eigenvalue weighted by Gasteiger charge is 2.27. The first-order valence-corrected chi connectivity index (χ1v) is 3.39. The van der Waals surface area contributed by atoms with Gasteiger partial charge in [-0.1, -0.05) is 0 Å². The fraction of sp³-hybridized carbons (Fsp3) is 0.857. The minimum atomic E-state index is -1.63. The highest BCUT2D eigenvalue weighted by molar-refractivity contribution is 5.68. The van der Waals surface area contributed by atoms with E-state index in [1.54, 1.807) is 19.0 Å². The molecule has 0 aromatic heterocycles. The van der Waals surface area contributed by atoms with Gasteiger partial charge in [0, 0.05) is 6.54 Å². The van der Waals surface area contributed by atoms with Gasteiger partial charge in [-0.05, 0) is 21.0 Å². The van der Waals surface area contributed by atoms with E-state index in [2.05, 4.69) is 0 Å². The van der Waals surface area contributed by atoms with Crippen LogP contribution in [0.3, 0.4) is 0 Å². The predicted molar refractivity (Wildman–Crippen MR) is 40.3 cm³/mol. The van der Waals surface area contributed by atoms with Crippen molar-refractivity contribution in [1.29, 1.82) is 0 Å². The summed E-state index contributed by atoms with van der Waals surface area (Å²) >= 11 is 0. The van der Waals surface area contributed by atoms with E-state index in [1.807, 2.05) is 0 Å². The van der Waals surface area contributed by atoms with Crippen LogP contribution in [-0.2, 0) is 4.79 Å². The van der Waals surface area contributed by atoms with Gasteiger partial charge in [-0.15, -0.1) is 0 Å². The summed E-state index contributed by atoms with van der Waals surface area (Å²) in [7, 11) is 3.42. The molecule has 0 saturated carbocycles. The number of halogens is 1. The molecule has 0 aliphatic heterocycles. The van der Waals surface area contributed by atoms with Crippen LogP contribution in [0, 0.1) is 0 Å². The zero-order valence-electron chi connectivity index (χ0n) is 7.09. The second kappa shape index (κ2) is 3.67. The van der Waals surface area contributed by atoms with Gasteiger partial charge in [0.05, 0.1) is 6.42 Å². The molecule has 0 aromatic carbocycles. The summed E-state index contributed by atoms with van der Waals surface area (Å²) in [5.41, 5.74) is -1.63. The van der Waals surface area contributed by atoms with Crippen molar-refractivity contribution < 1.29 is 14.3 Å². The lowest BCUT2D eigenvalue weighted by molar-refractivity contribution is -0.140. The van der Waals surface area contributed by atoms with Crippen LogP contribution in [-0.4, -0.2) is 42.3 Å². The molecule has 0 aliphatic carbocycles. The number of carbonyl (C=O) groups is 1. The van der Waals surface area contributed by atoms with E-state index < -0.39 is 18.1 Å². The lowest BCUT2D eigenvalue weighted by Crippen LogP contribution is -2.35. The van der Waals surface area contributed by atoms with Gasteiger partial charge < -0.3 is 10.0 Å². The molecule has 0 amide bonds.